The fourth-order valence-corrected chi connectivity index (χ4v) is 4.82. The summed E-state index contributed by atoms with van der Waals surface area (Å²) in [6.45, 7) is 2.35. The summed E-state index contributed by atoms with van der Waals surface area (Å²) in [6.07, 6.45) is 6.08. The number of primary amides is 1. The Bertz CT molecular complexity index is 1590. The lowest BCUT2D eigenvalue weighted by atomic mass is 9.97. The second-order valence-corrected chi connectivity index (χ2v) is 9.37. The Morgan fingerprint density at radius 3 is 2.67 bits per heavy atom. The molecule has 2 aliphatic rings. The minimum Gasteiger partial charge on any atom is -0.488 e. The van der Waals surface area contributed by atoms with Gasteiger partial charge in [0.05, 0.1) is 5.56 Å². The van der Waals surface area contributed by atoms with Crippen molar-refractivity contribution in [2.75, 3.05) is 0 Å². The molecule has 10 heteroatoms. The predicted octanol–water partition coefficient (Wildman–Crippen LogP) is 3.18. The van der Waals surface area contributed by atoms with Gasteiger partial charge in [-0.1, -0.05) is 42.0 Å². The number of benzene rings is 2. The molecule has 2 aromatic carbocycles. The quantitative estimate of drug-likeness (QED) is 0.380. The normalized spacial score (nSPS) is 15.2. The topological polar surface area (TPSA) is 131 Å². The number of pyridine rings is 1. The zero-order valence-electron chi connectivity index (χ0n) is 21.0. The van der Waals surface area contributed by atoms with Gasteiger partial charge in [-0.15, -0.1) is 0 Å². The third-order valence-corrected chi connectivity index (χ3v) is 6.74. The first-order valence-corrected chi connectivity index (χ1v) is 12.4. The fraction of sp³-hybridized carbons (Fsp3) is 0.172. The first-order chi connectivity index (χ1) is 18.9. The summed E-state index contributed by atoms with van der Waals surface area (Å²) in [7, 11) is 0. The first kappa shape index (κ1) is 24.2. The van der Waals surface area contributed by atoms with Crippen LogP contribution in [-0.4, -0.2) is 38.4 Å². The lowest BCUT2D eigenvalue weighted by Gasteiger charge is -2.33. The van der Waals surface area contributed by atoms with Crippen molar-refractivity contribution in [1.82, 2.24) is 20.1 Å². The van der Waals surface area contributed by atoms with E-state index in [0.717, 1.165) is 33.7 Å². The molecular weight excluding hydrogens is 498 g/mol. The van der Waals surface area contributed by atoms with Crippen LogP contribution < -0.4 is 15.8 Å². The average molecular weight is 524 g/mol. The minimum absolute atomic E-state index is 0.219. The molecule has 0 fully saturated rings. The molecule has 6 rings (SSSR count). The Hall–Kier alpha value is -5.12. The van der Waals surface area contributed by atoms with Crippen LogP contribution in [-0.2, 0) is 27.3 Å². The molecule has 3 N–H and O–H groups in total. The smallest absolute Gasteiger partial charge is 0.352 e. The third kappa shape index (κ3) is 4.35. The molecule has 4 aromatic rings. The summed E-state index contributed by atoms with van der Waals surface area (Å²) in [5.74, 6) is -2.20. The van der Waals surface area contributed by atoms with Crippen LogP contribution in [0.3, 0.4) is 0 Å². The SMILES string of the molecule is Cc1ccc2c(c1)-c1nn(-c3ncccc3C(=O)NC(Cc3ccccc3)C3(C(N)=O)OC=CO3)cc1CO2. The standard InChI is InChI=1S/C29H25N5O5/c1-18-9-10-23-22(14-18)25-20(17-37-23)16-34(33-25)26-21(8-5-11-31-26)27(35)32-24(15-19-6-3-2-4-7-19)29(28(30)36)38-12-13-39-29/h2-14,16,24H,15,17H2,1H3,(H2,30,36)(H,32,35). The Morgan fingerprint density at radius 2 is 1.90 bits per heavy atom. The van der Waals surface area contributed by atoms with Gasteiger partial charge >= 0.3 is 11.7 Å². The number of aryl methyl sites for hydroxylation is 1. The van der Waals surface area contributed by atoms with Crippen molar-refractivity contribution < 1.29 is 23.8 Å². The molecule has 39 heavy (non-hydrogen) atoms. The lowest BCUT2D eigenvalue weighted by molar-refractivity contribution is -0.182. The van der Waals surface area contributed by atoms with E-state index in [-0.39, 0.29) is 12.0 Å². The molecule has 2 amide bonds. The predicted molar refractivity (Wildman–Crippen MR) is 140 cm³/mol. The highest BCUT2D eigenvalue weighted by Gasteiger charge is 2.51. The first-order valence-electron chi connectivity index (χ1n) is 12.4. The number of nitrogens with zero attached hydrogens (tertiary/aromatic N) is 3. The van der Waals surface area contributed by atoms with Crippen LogP contribution in [0.1, 0.15) is 27.0 Å². The number of ether oxygens (including phenoxy) is 3. The fourth-order valence-electron chi connectivity index (χ4n) is 4.82. The number of hydrogen-bond acceptors (Lipinski definition) is 7. The zero-order chi connectivity index (χ0) is 27.0. The molecule has 196 valence electrons. The third-order valence-electron chi connectivity index (χ3n) is 6.74. The van der Waals surface area contributed by atoms with E-state index in [4.69, 9.17) is 25.0 Å². The van der Waals surface area contributed by atoms with Gasteiger partial charge in [-0.25, -0.2) is 9.67 Å². The Balaban J connectivity index is 1.35. The summed E-state index contributed by atoms with van der Waals surface area (Å²) >= 11 is 0. The number of carbonyl (C=O) groups is 2. The highest BCUT2D eigenvalue weighted by Crippen LogP contribution is 2.37. The van der Waals surface area contributed by atoms with Crippen LogP contribution in [0.25, 0.3) is 17.1 Å². The largest absolute Gasteiger partial charge is 0.488 e. The van der Waals surface area contributed by atoms with Crippen molar-refractivity contribution in [2.45, 2.75) is 31.8 Å². The monoisotopic (exact) mass is 523 g/mol. The van der Waals surface area contributed by atoms with Crippen LogP contribution in [0.4, 0.5) is 0 Å². The maximum Gasteiger partial charge on any atom is 0.352 e. The Labute approximate surface area is 224 Å². The number of nitrogens with one attached hydrogen (secondary N) is 1. The van der Waals surface area contributed by atoms with Gasteiger partial charge < -0.3 is 25.3 Å². The summed E-state index contributed by atoms with van der Waals surface area (Å²) in [5.41, 5.74) is 10.4. The van der Waals surface area contributed by atoms with Gasteiger partial charge in [0.25, 0.3) is 5.91 Å². The lowest BCUT2D eigenvalue weighted by Crippen LogP contribution is -2.61. The Kier molecular flexibility index (Phi) is 5.99. The molecule has 10 nitrogen and oxygen atoms in total. The molecule has 1 unspecified atom stereocenters. The maximum absolute atomic E-state index is 13.7. The average Bonchev–Trinajstić information content (AvgIpc) is 3.62. The van der Waals surface area contributed by atoms with Gasteiger partial charge in [-0.3, -0.25) is 9.59 Å². The van der Waals surface area contributed by atoms with E-state index in [2.05, 4.69) is 10.3 Å². The highest BCUT2D eigenvalue weighted by atomic mass is 16.7. The van der Waals surface area contributed by atoms with E-state index in [0.29, 0.717) is 12.4 Å². The summed E-state index contributed by atoms with van der Waals surface area (Å²) in [5, 5.41) is 7.68. The number of rotatable bonds is 7. The highest BCUT2D eigenvalue weighted by molar-refractivity contribution is 5.98. The van der Waals surface area contributed by atoms with Crippen LogP contribution in [0.2, 0.25) is 0 Å². The van der Waals surface area contributed by atoms with Crippen molar-refractivity contribution >= 4 is 11.8 Å². The second-order valence-electron chi connectivity index (χ2n) is 9.37. The van der Waals surface area contributed by atoms with E-state index in [1.807, 2.05) is 55.5 Å². The molecular formula is C29H25N5O5. The summed E-state index contributed by atoms with van der Waals surface area (Å²) < 4.78 is 18.6. The van der Waals surface area contributed by atoms with Gasteiger partial charge in [0.2, 0.25) is 0 Å². The summed E-state index contributed by atoms with van der Waals surface area (Å²) in [4.78, 5) is 30.7. The molecule has 2 aromatic heterocycles. The van der Waals surface area contributed by atoms with E-state index < -0.39 is 23.6 Å². The molecule has 0 radical (unpaired) electrons. The number of carbonyl (C=O) groups excluding carboxylic acids is 2. The molecule has 2 aliphatic heterocycles. The summed E-state index contributed by atoms with van der Waals surface area (Å²) in [6, 6.07) is 17.6. The van der Waals surface area contributed by atoms with Crippen molar-refractivity contribution in [1.29, 1.82) is 0 Å². The maximum atomic E-state index is 13.7. The molecule has 0 bridgehead atoms. The van der Waals surface area contributed by atoms with Gasteiger partial charge in [-0.2, -0.15) is 5.10 Å². The molecule has 0 saturated carbocycles. The molecule has 0 aliphatic carbocycles. The van der Waals surface area contributed by atoms with E-state index in [1.54, 1.807) is 29.2 Å². The van der Waals surface area contributed by atoms with E-state index in [9.17, 15) is 9.59 Å². The van der Waals surface area contributed by atoms with Crippen molar-refractivity contribution in [3.05, 3.63) is 108 Å². The van der Waals surface area contributed by atoms with Crippen molar-refractivity contribution in [3.63, 3.8) is 0 Å². The number of aromatic nitrogens is 3. The van der Waals surface area contributed by atoms with Gasteiger partial charge in [0.1, 0.15) is 36.6 Å². The van der Waals surface area contributed by atoms with Crippen molar-refractivity contribution in [3.8, 4) is 22.8 Å². The van der Waals surface area contributed by atoms with Crippen LogP contribution in [0.5, 0.6) is 5.75 Å². The van der Waals surface area contributed by atoms with E-state index >= 15 is 0 Å². The number of amides is 2. The zero-order valence-corrected chi connectivity index (χ0v) is 21.0. The number of nitrogens with two attached hydrogens (primary N) is 1. The van der Waals surface area contributed by atoms with Crippen LogP contribution in [0, 0.1) is 6.92 Å². The number of hydrogen-bond donors (Lipinski definition) is 2. The van der Waals surface area contributed by atoms with Gasteiger partial charge in [-0.05, 0) is 36.8 Å². The Morgan fingerprint density at radius 1 is 1.10 bits per heavy atom. The van der Waals surface area contributed by atoms with Crippen molar-refractivity contribution in [2.24, 2.45) is 5.73 Å². The van der Waals surface area contributed by atoms with Gasteiger partial charge in [0.15, 0.2) is 5.82 Å². The van der Waals surface area contributed by atoms with E-state index in [1.165, 1.54) is 12.5 Å². The van der Waals surface area contributed by atoms with Gasteiger partial charge in [0, 0.05) is 29.9 Å². The number of fused-ring (bicyclic) bond motifs is 3. The molecule has 0 saturated heterocycles. The van der Waals surface area contributed by atoms with Crippen LogP contribution >= 0.6 is 0 Å². The minimum atomic E-state index is -1.91. The second kappa shape index (κ2) is 9.64. The molecule has 1 atom stereocenters. The molecule has 4 heterocycles. The van der Waals surface area contributed by atoms with Crippen LogP contribution in [0.15, 0.2) is 85.6 Å². The molecule has 0 spiro atoms.